The highest BCUT2D eigenvalue weighted by Gasteiger charge is 2.36. The Bertz CT molecular complexity index is 448. The first kappa shape index (κ1) is 14.5. The van der Waals surface area contributed by atoms with Crippen LogP contribution in [0.2, 0.25) is 0 Å². The minimum atomic E-state index is -0.664. The summed E-state index contributed by atoms with van der Waals surface area (Å²) in [6.07, 6.45) is 1.45. The molecule has 1 aliphatic rings. The molecule has 0 radical (unpaired) electrons. The first-order valence-corrected chi connectivity index (χ1v) is 7.69. The molecule has 1 aliphatic heterocycles. The van der Waals surface area contributed by atoms with Gasteiger partial charge in [-0.05, 0) is 32.9 Å². The third kappa shape index (κ3) is 3.34. The van der Waals surface area contributed by atoms with Crippen LogP contribution in [0.5, 0.6) is 0 Å². The lowest BCUT2D eigenvalue weighted by molar-refractivity contribution is -0.150. The van der Waals surface area contributed by atoms with E-state index in [0.29, 0.717) is 5.92 Å². The molecule has 0 saturated carbocycles. The number of carboxylic acid groups (broad SMARTS) is 1. The average Bonchev–Trinajstić information content (AvgIpc) is 2.81. The van der Waals surface area contributed by atoms with E-state index in [2.05, 4.69) is 29.1 Å². The van der Waals surface area contributed by atoms with Gasteiger partial charge in [0.25, 0.3) is 0 Å². The van der Waals surface area contributed by atoms with Crippen LogP contribution in [0.25, 0.3) is 0 Å². The van der Waals surface area contributed by atoms with Crippen molar-refractivity contribution in [2.45, 2.75) is 46.1 Å². The monoisotopic (exact) mass is 282 g/mol. The molecule has 0 aromatic carbocycles. The van der Waals surface area contributed by atoms with Gasteiger partial charge in [0, 0.05) is 17.8 Å². The number of aliphatic carboxylic acids is 1. The topological polar surface area (TPSA) is 53.4 Å². The molecule has 4 nitrogen and oxygen atoms in total. The molecule has 1 aromatic heterocycles. The summed E-state index contributed by atoms with van der Waals surface area (Å²) in [7, 11) is 0. The molecule has 19 heavy (non-hydrogen) atoms. The molecule has 0 bridgehead atoms. The summed E-state index contributed by atoms with van der Waals surface area (Å²) in [5, 5.41) is 12.5. The molecule has 106 valence electrons. The van der Waals surface area contributed by atoms with Gasteiger partial charge in [-0.25, -0.2) is 4.98 Å². The van der Waals surface area contributed by atoms with Crippen molar-refractivity contribution in [3.05, 3.63) is 16.1 Å². The van der Waals surface area contributed by atoms with Gasteiger partial charge in [-0.2, -0.15) is 0 Å². The summed E-state index contributed by atoms with van der Waals surface area (Å²) >= 11 is 1.72. The number of aromatic nitrogens is 1. The number of carboxylic acids is 1. The Balaban J connectivity index is 1.90. The second-order valence-corrected chi connectivity index (χ2v) is 6.86. The van der Waals surface area contributed by atoms with Gasteiger partial charge in [-0.3, -0.25) is 9.69 Å². The van der Waals surface area contributed by atoms with Gasteiger partial charge in [0.2, 0.25) is 0 Å². The lowest BCUT2D eigenvalue weighted by Gasteiger charge is -2.36. The van der Waals surface area contributed by atoms with Crippen molar-refractivity contribution in [3.63, 3.8) is 0 Å². The van der Waals surface area contributed by atoms with E-state index in [9.17, 15) is 9.90 Å². The maximum Gasteiger partial charge on any atom is 0.309 e. The summed E-state index contributed by atoms with van der Waals surface area (Å²) in [6.45, 7) is 8.70. The largest absolute Gasteiger partial charge is 0.481 e. The van der Waals surface area contributed by atoms with Crippen molar-refractivity contribution < 1.29 is 9.90 Å². The molecule has 0 aliphatic carbocycles. The van der Waals surface area contributed by atoms with Crippen LogP contribution in [0, 0.1) is 5.41 Å². The maximum atomic E-state index is 11.2. The van der Waals surface area contributed by atoms with Crippen LogP contribution >= 0.6 is 11.3 Å². The Morgan fingerprint density at radius 2 is 2.16 bits per heavy atom. The predicted molar refractivity (Wildman–Crippen MR) is 76.5 cm³/mol. The molecule has 5 heteroatoms. The van der Waals surface area contributed by atoms with Crippen LogP contribution in [0.3, 0.4) is 0 Å². The van der Waals surface area contributed by atoms with Crippen LogP contribution in [0.4, 0.5) is 0 Å². The van der Waals surface area contributed by atoms with Gasteiger partial charge in [-0.1, -0.05) is 13.8 Å². The lowest BCUT2D eigenvalue weighted by atomic mass is 9.80. The molecule has 0 atom stereocenters. The van der Waals surface area contributed by atoms with Crippen LogP contribution in [-0.2, 0) is 11.3 Å². The number of hydrogen-bond acceptors (Lipinski definition) is 4. The first-order valence-electron chi connectivity index (χ1n) is 6.81. The van der Waals surface area contributed by atoms with Crippen molar-refractivity contribution in [2.75, 3.05) is 13.1 Å². The highest BCUT2D eigenvalue weighted by Crippen LogP contribution is 2.31. The Kier molecular flexibility index (Phi) is 4.26. The number of hydrogen-bond donors (Lipinski definition) is 1. The number of nitrogens with zero attached hydrogens (tertiary/aromatic N) is 2. The molecule has 0 spiro atoms. The summed E-state index contributed by atoms with van der Waals surface area (Å²) in [5.41, 5.74) is 0.578. The average molecular weight is 282 g/mol. The molecule has 2 rings (SSSR count). The van der Waals surface area contributed by atoms with Gasteiger partial charge in [0.05, 0.1) is 16.1 Å². The standard InChI is InChI=1S/C14H22N2O2S/c1-10(2)12-15-11(9-19-12)8-16-6-4-14(3,5-7-16)13(17)18/h9-10H,4-8H2,1-3H3,(H,17,18). The Morgan fingerprint density at radius 1 is 1.53 bits per heavy atom. The fraction of sp³-hybridized carbons (Fsp3) is 0.714. The molecule has 1 fully saturated rings. The van der Waals surface area contributed by atoms with Crippen molar-refractivity contribution in [2.24, 2.45) is 5.41 Å². The number of thiazole rings is 1. The van der Waals surface area contributed by atoms with E-state index < -0.39 is 11.4 Å². The quantitative estimate of drug-likeness (QED) is 0.922. The molecular weight excluding hydrogens is 260 g/mol. The summed E-state index contributed by atoms with van der Waals surface area (Å²) < 4.78 is 0. The Hall–Kier alpha value is -0.940. The second kappa shape index (κ2) is 5.59. The lowest BCUT2D eigenvalue weighted by Crippen LogP contribution is -2.42. The number of carbonyl (C=O) groups is 1. The maximum absolute atomic E-state index is 11.2. The molecule has 1 N–H and O–H groups in total. The predicted octanol–water partition coefficient (Wildman–Crippen LogP) is 2.95. The fourth-order valence-corrected chi connectivity index (χ4v) is 3.13. The van der Waals surface area contributed by atoms with E-state index in [1.165, 1.54) is 5.01 Å². The summed E-state index contributed by atoms with van der Waals surface area (Å²) in [6, 6.07) is 0. The zero-order chi connectivity index (χ0) is 14.0. The number of rotatable bonds is 4. The molecule has 2 heterocycles. The molecule has 1 aromatic rings. The normalized spacial score (nSPS) is 19.8. The SMILES string of the molecule is CC(C)c1nc(CN2CCC(C)(C(=O)O)CC2)cs1. The molecule has 1 saturated heterocycles. The third-order valence-corrected chi connectivity index (χ3v) is 5.12. The number of likely N-dealkylation sites (tertiary alicyclic amines) is 1. The van der Waals surface area contributed by atoms with E-state index in [4.69, 9.17) is 0 Å². The zero-order valence-corrected chi connectivity index (χ0v) is 12.7. The van der Waals surface area contributed by atoms with Crippen LogP contribution in [0.15, 0.2) is 5.38 Å². The Morgan fingerprint density at radius 3 is 2.63 bits per heavy atom. The number of piperidine rings is 1. The Labute approximate surface area is 118 Å². The molecular formula is C14H22N2O2S. The van der Waals surface area contributed by atoms with Crippen LogP contribution in [-0.4, -0.2) is 34.0 Å². The molecule has 0 unspecified atom stereocenters. The van der Waals surface area contributed by atoms with Gasteiger partial charge in [0.15, 0.2) is 0 Å². The van der Waals surface area contributed by atoms with Gasteiger partial charge in [0.1, 0.15) is 0 Å². The van der Waals surface area contributed by atoms with Gasteiger partial charge >= 0.3 is 5.97 Å². The van der Waals surface area contributed by atoms with E-state index in [1.54, 1.807) is 11.3 Å². The summed E-state index contributed by atoms with van der Waals surface area (Å²) in [4.78, 5) is 18.1. The van der Waals surface area contributed by atoms with Crippen molar-refractivity contribution in [3.8, 4) is 0 Å². The van der Waals surface area contributed by atoms with E-state index in [-0.39, 0.29) is 0 Å². The smallest absolute Gasteiger partial charge is 0.309 e. The summed E-state index contributed by atoms with van der Waals surface area (Å²) in [5.74, 6) is -0.182. The van der Waals surface area contributed by atoms with E-state index in [0.717, 1.165) is 38.2 Å². The third-order valence-electron chi connectivity index (χ3n) is 3.92. The first-order chi connectivity index (χ1) is 8.90. The van der Waals surface area contributed by atoms with Crippen LogP contribution in [0.1, 0.15) is 50.2 Å². The van der Waals surface area contributed by atoms with Crippen molar-refractivity contribution in [1.29, 1.82) is 0 Å². The van der Waals surface area contributed by atoms with Crippen LogP contribution < -0.4 is 0 Å². The minimum absolute atomic E-state index is 0.482. The zero-order valence-electron chi connectivity index (χ0n) is 11.8. The van der Waals surface area contributed by atoms with Crippen molar-refractivity contribution in [1.82, 2.24) is 9.88 Å². The van der Waals surface area contributed by atoms with E-state index >= 15 is 0 Å². The van der Waals surface area contributed by atoms with Gasteiger partial charge < -0.3 is 5.11 Å². The second-order valence-electron chi connectivity index (χ2n) is 5.97. The van der Waals surface area contributed by atoms with E-state index in [1.807, 2.05) is 6.92 Å². The van der Waals surface area contributed by atoms with Gasteiger partial charge in [-0.15, -0.1) is 11.3 Å². The van der Waals surface area contributed by atoms with Crippen molar-refractivity contribution >= 4 is 17.3 Å². The fourth-order valence-electron chi connectivity index (χ4n) is 2.31. The minimum Gasteiger partial charge on any atom is -0.481 e. The molecule has 0 amide bonds. The highest BCUT2D eigenvalue weighted by molar-refractivity contribution is 7.09. The highest BCUT2D eigenvalue weighted by atomic mass is 32.1.